The van der Waals surface area contributed by atoms with Crippen LogP contribution >= 0.6 is 0 Å². The number of hydrogen-bond donors (Lipinski definition) is 1. The van der Waals surface area contributed by atoms with E-state index in [0.29, 0.717) is 17.4 Å². The second kappa shape index (κ2) is 3.35. The molecule has 0 bridgehead atoms. The second-order valence-corrected chi connectivity index (χ2v) is 3.27. The number of hydrogen-bond acceptors (Lipinski definition) is 2. The smallest absolute Gasteiger partial charge is 0.132 e. The zero-order chi connectivity index (χ0) is 10.1. The molecule has 0 aliphatic carbocycles. The molecule has 0 unspecified atom stereocenters. The van der Waals surface area contributed by atoms with E-state index < -0.39 is 0 Å². The minimum atomic E-state index is -0.235. The number of nitrogens with zero attached hydrogens (tertiary/aromatic N) is 1. The van der Waals surface area contributed by atoms with Crippen molar-refractivity contribution >= 4 is 10.9 Å². The predicted molar refractivity (Wildman–Crippen MR) is 54.3 cm³/mol. The van der Waals surface area contributed by atoms with Crippen molar-refractivity contribution in [2.45, 2.75) is 13.5 Å². The van der Waals surface area contributed by atoms with Gasteiger partial charge in [0, 0.05) is 11.9 Å². The predicted octanol–water partition coefficient (Wildman–Crippen LogP) is 2.14. The van der Waals surface area contributed by atoms with E-state index in [4.69, 9.17) is 5.73 Å². The maximum atomic E-state index is 13.3. The molecule has 1 aromatic carbocycles. The largest absolute Gasteiger partial charge is 0.325 e. The van der Waals surface area contributed by atoms with Crippen molar-refractivity contribution in [2.24, 2.45) is 5.73 Å². The van der Waals surface area contributed by atoms with Crippen LogP contribution in [-0.2, 0) is 6.54 Å². The van der Waals surface area contributed by atoms with Crippen molar-refractivity contribution in [3.63, 3.8) is 0 Å². The maximum Gasteiger partial charge on any atom is 0.132 e. The SMILES string of the molecule is Cc1ccc(F)c2ccc(CN)nc12. The van der Waals surface area contributed by atoms with Crippen LogP contribution in [0.25, 0.3) is 10.9 Å². The van der Waals surface area contributed by atoms with Crippen LogP contribution in [0.2, 0.25) is 0 Å². The summed E-state index contributed by atoms with van der Waals surface area (Å²) in [6.45, 7) is 2.29. The van der Waals surface area contributed by atoms with Gasteiger partial charge in [0.25, 0.3) is 0 Å². The lowest BCUT2D eigenvalue weighted by molar-refractivity contribution is 0.639. The summed E-state index contributed by atoms with van der Waals surface area (Å²) in [7, 11) is 0. The van der Waals surface area contributed by atoms with Gasteiger partial charge in [-0.25, -0.2) is 4.39 Å². The normalized spacial score (nSPS) is 10.8. The fraction of sp³-hybridized carbons (Fsp3) is 0.182. The molecule has 0 atom stereocenters. The molecule has 0 radical (unpaired) electrons. The molecular weight excluding hydrogens is 179 g/mol. The lowest BCUT2D eigenvalue weighted by Gasteiger charge is -2.04. The summed E-state index contributed by atoms with van der Waals surface area (Å²) in [5, 5.41) is 0.558. The minimum absolute atomic E-state index is 0.235. The molecule has 1 aromatic heterocycles. The van der Waals surface area contributed by atoms with Crippen LogP contribution in [-0.4, -0.2) is 4.98 Å². The Morgan fingerprint density at radius 2 is 2.07 bits per heavy atom. The van der Waals surface area contributed by atoms with E-state index in [-0.39, 0.29) is 5.82 Å². The molecule has 2 aromatic rings. The third-order valence-corrected chi connectivity index (χ3v) is 2.27. The van der Waals surface area contributed by atoms with Crippen LogP contribution in [0, 0.1) is 12.7 Å². The molecule has 0 aliphatic rings. The topological polar surface area (TPSA) is 38.9 Å². The van der Waals surface area contributed by atoms with Gasteiger partial charge < -0.3 is 5.73 Å². The molecule has 0 fully saturated rings. The maximum absolute atomic E-state index is 13.3. The van der Waals surface area contributed by atoms with Crippen LogP contribution in [0.15, 0.2) is 24.3 Å². The van der Waals surface area contributed by atoms with Crippen LogP contribution in [0.3, 0.4) is 0 Å². The van der Waals surface area contributed by atoms with Gasteiger partial charge in [-0.1, -0.05) is 6.07 Å². The standard InChI is InChI=1S/C11H11FN2/c1-7-2-5-10(12)9-4-3-8(6-13)14-11(7)9/h2-5H,6,13H2,1H3. The summed E-state index contributed by atoms with van der Waals surface area (Å²) >= 11 is 0. The summed E-state index contributed by atoms with van der Waals surface area (Å²) in [4.78, 5) is 4.29. The first-order chi connectivity index (χ1) is 6.72. The van der Waals surface area contributed by atoms with E-state index in [1.165, 1.54) is 6.07 Å². The molecule has 1 heterocycles. The summed E-state index contributed by atoms with van der Waals surface area (Å²) in [6.07, 6.45) is 0. The van der Waals surface area contributed by atoms with Crippen LogP contribution < -0.4 is 5.73 Å². The highest BCUT2D eigenvalue weighted by atomic mass is 19.1. The number of aryl methyl sites for hydroxylation is 1. The summed E-state index contributed by atoms with van der Waals surface area (Å²) in [5.41, 5.74) is 7.93. The van der Waals surface area contributed by atoms with Gasteiger partial charge >= 0.3 is 0 Å². The molecule has 2 N–H and O–H groups in total. The summed E-state index contributed by atoms with van der Waals surface area (Å²) in [6, 6.07) is 6.67. The molecule has 2 nitrogen and oxygen atoms in total. The Bertz CT molecular complexity index is 480. The number of benzene rings is 1. The number of halogens is 1. The van der Waals surface area contributed by atoms with Crippen LogP contribution in [0.5, 0.6) is 0 Å². The van der Waals surface area contributed by atoms with Crippen molar-refractivity contribution in [1.82, 2.24) is 4.98 Å². The number of fused-ring (bicyclic) bond motifs is 1. The molecule has 0 saturated heterocycles. The lowest BCUT2D eigenvalue weighted by Crippen LogP contribution is -2.00. The fourth-order valence-corrected chi connectivity index (χ4v) is 1.47. The summed E-state index contributed by atoms with van der Waals surface area (Å²) in [5.74, 6) is -0.235. The molecule has 2 rings (SSSR count). The molecule has 72 valence electrons. The van der Waals surface area contributed by atoms with Crippen molar-refractivity contribution in [1.29, 1.82) is 0 Å². The van der Waals surface area contributed by atoms with Gasteiger partial charge in [0.2, 0.25) is 0 Å². The first-order valence-corrected chi connectivity index (χ1v) is 4.47. The average molecular weight is 190 g/mol. The molecule has 0 aliphatic heterocycles. The van der Waals surface area contributed by atoms with Crippen LogP contribution in [0.1, 0.15) is 11.3 Å². The Labute approximate surface area is 81.6 Å². The van der Waals surface area contributed by atoms with E-state index >= 15 is 0 Å². The van der Waals surface area contributed by atoms with E-state index in [0.717, 1.165) is 11.3 Å². The van der Waals surface area contributed by atoms with Crippen molar-refractivity contribution in [2.75, 3.05) is 0 Å². The highest BCUT2D eigenvalue weighted by molar-refractivity contribution is 5.82. The Hall–Kier alpha value is -1.48. The zero-order valence-corrected chi connectivity index (χ0v) is 7.92. The Morgan fingerprint density at radius 1 is 1.29 bits per heavy atom. The first-order valence-electron chi connectivity index (χ1n) is 4.47. The highest BCUT2D eigenvalue weighted by Crippen LogP contribution is 2.19. The van der Waals surface area contributed by atoms with Gasteiger partial charge in [-0.3, -0.25) is 4.98 Å². The van der Waals surface area contributed by atoms with E-state index in [1.807, 2.05) is 6.92 Å². The van der Waals surface area contributed by atoms with Gasteiger partial charge in [0.1, 0.15) is 5.82 Å². The van der Waals surface area contributed by atoms with Gasteiger partial charge in [0.05, 0.1) is 11.2 Å². The lowest BCUT2D eigenvalue weighted by atomic mass is 10.1. The molecule has 0 saturated carbocycles. The minimum Gasteiger partial charge on any atom is -0.325 e. The molecule has 3 heteroatoms. The van der Waals surface area contributed by atoms with E-state index in [1.54, 1.807) is 18.2 Å². The average Bonchev–Trinajstić information content (AvgIpc) is 2.23. The van der Waals surface area contributed by atoms with Gasteiger partial charge in [-0.2, -0.15) is 0 Å². The monoisotopic (exact) mass is 190 g/mol. The van der Waals surface area contributed by atoms with Crippen molar-refractivity contribution < 1.29 is 4.39 Å². The summed E-state index contributed by atoms with van der Waals surface area (Å²) < 4.78 is 13.3. The quantitative estimate of drug-likeness (QED) is 0.748. The third-order valence-electron chi connectivity index (χ3n) is 2.27. The highest BCUT2D eigenvalue weighted by Gasteiger charge is 2.04. The fourth-order valence-electron chi connectivity index (χ4n) is 1.47. The first kappa shape index (κ1) is 9.09. The van der Waals surface area contributed by atoms with Crippen molar-refractivity contribution in [3.05, 3.63) is 41.3 Å². The number of pyridine rings is 1. The molecule has 14 heavy (non-hydrogen) atoms. The van der Waals surface area contributed by atoms with Gasteiger partial charge in [0.15, 0.2) is 0 Å². The number of aromatic nitrogens is 1. The molecule has 0 amide bonds. The Kier molecular flexibility index (Phi) is 2.17. The van der Waals surface area contributed by atoms with Crippen molar-refractivity contribution in [3.8, 4) is 0 Å². The Balaban J connectivity index is 2.80. The second-order valence-electron chi connectivity index (χ2n) is 3.27. The molecule has 0 spiro atoms. The zero-order valence-electron chi connectivity index (χ0n) is 7.92. The van der Waals surface area contributed by atoms with E-state index in [9.17, 15) is 4.39 Å². The Morgan fingerprint density at radius 3 is 2.79 bits per heavy atom. The van der Waals surface area contributed by atoms with Gasteiger partial charge in [-0.15, -0.1) is 0 Å². The van der Waals surface area contributed by atoms with Crippen LogP contribution in [0.4, 0.5) is 4.39 Å². The molecular formula is C11H11FN2. The number of nitrogens with two attached hydrogens (primary N) is 1. The third kappa shape index (κ3) is 1.36. The number of rotatable bonds is 1. The van der Waals surface area contributed by atoms with E-state index in [2.05, 4.69) is 4.98 Å². The van der Waals surface area contributed by atoms with Gasteiger partial charge in [-0.05, 0) is 30.7 Å².